The second kappa shape index (κ2) is 21.6. The van der Waals surface area contributed by atoms with Crippen molar-refractivity contribution in [2.75, 3.05) is 49.4 Å². The van der Waals surface area contributed by atoms with E-state index in [1.807, 2.05) is 36.4 Å². The van der Waals surface area contributed by atoms with Gasteiger partial charge in [-0.1, -0.05) is 24.4 Å². The Kier molecular flexibility index (Phi) is 16.0. The number of pyridine rings is 1. The van der Waals surface area contributed by atoms with E-state index >= 15 is 0 Å². The zero-order chi connectivity index (χ0) is 49.1. The van der Waals surface area contributed by atoms with Gasteiger partial charge in [0.25, 0.3) is 0 Å². The van der Waals surface area contributed by atoms with Crippen molar-refractivity contribution >= 4 is 95.7 Å². The first-order valence-corrected chi connectivity index (χ1v) is 27.8. The first-order valence-electron chi connectivity index (χ1n) is 21.3. The Morgan fingerprint density at radius 1 is 0.841 bits per heavy atom. The van der Waals surface area contributed by atoms with Crippen molar-refractivity contribution < 1.29 is 65.6 Å². The van der Waals surface area contributed by atoms with Crippen LogP contribution in [0.25, 0.3) is 33.0 Å². The summed E-state index contributed by atoms with van der Waals surface area (Å²) in [5.41, 5.74) is 13.8. The van der Waals surface area contributed by atoms with Crippen molar-refractivity contribution in [3.05, 3.63) is 76.8 Å². The van der Waals surface area contributed by atoms with E-state index in [4.69, 9.17) is 55.8 Å². The predicted octanol–water partition coefficient (Wildman–Crippen LogP) is 5.69. The van der Waals surface area contributed by atoms with Crippen LogP contribution in [0.3, 0.4) is 0 Å². The standard InChI is InChI=1S/C39H48ClN10O15P3S/c1-59-23-7-9-26-25(15-23)35(24-8-6-22(40)14-27(24)47-26)43-11-4-2-3-5-13-69-68(57,58)65-29-17-34(50-21-46-36-37(42)44-20-45-38(36)50)63-31(29)19-61-67(55,56)64-28-16-33(49-12-10-32(41)48-39(49)51)62-30(28)18-60-66(52,53)54/h6-10,12,14-15,20-21,28-31,33-34H,2-5,11,13,16-19H2,1H3,(H,43,47)(H,55,56)(H,57,58)(H2,41,48,51)(H2,42,44,45)(H2,52,53,54)/t28-,29-,30+,31+,33+,34+/m0/s1. The van der Waals surface area contributed by atoms with Crippen LogP contribution >= 0.6 is 45.4 Å². The Morgan fingerprint density at radius 2 is 1.57 bits per heavy atom. The van der Waals surface area contributed by atoms with Gasteiger partial charge in [-0.05, 0) is 66.7 Å². The highest BCUT2D eigenvalue weighted by atomic mass is 35.5. The van der Waals surface area contributed by atoms with Crippen molar-refractivity contribution in [2.24, 2.45) is 0 Å². The smallest absolute Gasteiger partial charge is 0.472 e. The first kappa shape index (κ1) is 51.0. The molecular formula is C39H48ClN10O15P3S. The first-order chi connectivity index (χ1) is 32.8. The number of aromatic nitrogens is 7. The highest BCUT2D eigenvalue weighted by Crippen LogP contribution is 2.59. The third kappa shape index (κ3) is 12.8. The molecule has 25 nitrogen and oxygen atoms in total. The SMILES string of the molecule is COc1ccc2nc3cc(Cl)ccc3c(NCCCCCCSP(=O)(O)O[C@H]3C[C@H](n4cnc5c(N)ncnc54)O[C@@H]3COP(=O)(O)O[C@H]3C[C@H](n4ccc(N)nc4=O)O[C@@H]3COP(=O)(O)O)c2c1. The molecule has 2 unspecified atom stereocenters. The molecule has 6 heterocycles. The van der Waals surface area contributed by atoms with E-state index in [2.05, 4.69) is 29.8 Å². The van der Waals surface area contributed by atoms with Crippen molar-refractivity contribution in [2.45, 2.75) is 75.4 Å². The van der Waals surface area contributed by atoms with Gasteiger partial charge >= 0.3 is 28.1 Å². The zero-order valence-corrected chi connectivity index (χ0v) is 40.8. The lowest BCUT2D eigenvalue weighted by Gasteiger charge is -2.24. The summed E-state index contributed by atoms with van der Waals surface area (Å²) >= 11 is 7.01. The van der Waals surface area contributed by atoms with Gasteiger partial charge in [0.15, 0.2) is 11.5 Å². The molecule has 9 N–H and O–H groups in total. The van der Waals surface area contributed by atoms with Crippen LogP contribution in [-0.2, 0) is 41.3 Å². The van der Waals surface area contributed by atoms with Crippen LogP contribution < -0.4 is 27.2 Å². The number of halogens is 1. The Labute approximate surface area is 401 Å². The minimum Gasteiger partial charge on any atom is -0.497 e. The number of phosphoric ester groups is 2. The molecule has 69 heavy (non-hydrogen) atoms. The number of rotatable bonds is 22. The molecule has 30 heteroatoms. The van der Waals surface area contributed by atoms with Crippen LogP contribution in [-0.4, -0.2) is 111 Å². The maximum atomic E-state index is 13.6. The summed E-state index contributed by atoms with van der Waals surface area (Å²) in [6, 6.07) is 12.6. The number of nitrogens with two attached hydrogens (primary N) is 2. The van der Waals surface area contributed by atoms with E-state index in [0.717, 1.165) is 62.7 Å². The van der Waals surface area contributed by atoms with Gasteiger partial charge in [-0.15, -0.1) is 0 Å². The predicted molar refractivity (Wildman–Crippen MR) is 253 cm³/mol. The number of imidazole rings is 1. The molecule has 0 spiro atoms. The largest absolute Gasteiger partial charge is 0.497 e. The molecule has 2 aliphatic rings. The van der Waals surface area contributed by atoms with Crippen LogP contribution in [0.2, 0.25) is 5.02 Å². The summed E-state index contributed by atoms with van der Waals surface area (Å²) in [5.74, 6) is 0.989. The lowest BCUT2D eigenvalue weighted by atomic mass is 10.1. The number of nitrogen functional groups attached to an aromatic ring is 2. The van der Waals surface area contributed by atoms with Crippen molar-refractivity contribution in [1.29, 1.82) is 0 Å². The molecular weight excluding hydrogens is 1010 g/mol. The lowest BCUT2D eigenvalue weighted by Crippen LogP contribution is -2.30. The molecule has 2 aliphatic heterocycles. The summed E-state index contributed by atoms with van der Waals surface area (Å²) in [4.78, 5) is 74.1. The fraction of sp³-hybridized carbons (Fsp3) is 0.436. The van der Waals surface area contributed by atoms with Gasteiger partial charge < -0.3 is 50.6 Å². The molecule has 4 aromatic heterocycles. The second-order valence-electron chi connectivity index (χ2n) is 15.9. The number of nitrogens with one attached hydrogen (secondary N) is 1. The third-order valence-electron chi connectivity index (χ3n) is 11.1. The van der Waals surface area contributed by atoms with E-state index in [0.29, 0.717) is 23.7 Å². The van der Waals surface area contributed by atoms with Crippen LogP contribution in [0.4, 0.5) is 17.3 Å². The summed E-state index contributed by atoms with van der Waals surface area (Å²) in [6.45, 7) is -5.26. The summed E-state index contributed by atoms with van der Waals surface area (Å²) < 4.78 is 79.7. The molecule has 8 atom stereocenters. The van der Waals surface area contributed by atoms with Crippen LogP contribution in [0, 0.1) is 0 Å². The van der Waals surface area contributed by atoms with Crippen molar-refractivity contribution in [3.63, 3.8) is 0 Å². The molecule has 2 fully saturated rings. The monoisotopic (exact) mass is 1060 g/mol. The maximum absolute atomic E-state index is 13.6. The number of ether oxygens (including phenoxy) is 3. The lowest BCUT2D eigenvalue weighted by molar-refractivity contribution is -0.0543. The Hall–Kier alpha value is -4.33. The number of phosphoric acid groups is 2. The summed E-state index contributed by atoms with van der Waals surface area (Å²) in [5, 5.41) is 5.97. The van der Waals surface area contributed by atoms with Gasteiger partial charge in [0, 0.05) is 47.1 Å². The Balaban J connectivity index is 0.879. The molecule has 0 amide bonds. The molecule has 8 rings (SSSR count). The summed E-state index contributed by atoms with van der Waals surface area (Å²) in [6.07, 6.45) is -0.913. The number of hydrogen-bond donors (Lipinski definition) is 7. The van der Waals surface area contributed by atoms with Gasteiger partial charge in [-0.25, -0.2) is 38.4 Å². The van der Waals surface area contributed by atoms with Gasteiger partial charge in [0.05, 0.1) is 43.4 Å². The third-order valence-corrected chi connectivity index (χ3v) is 16.0. The fourth-order valence-electron chi connectivity index (χ4n) is 7.92. The average molecular weight is 1060 g/mol. The van der Waals surface area contributed by atoms with Crippen molar-refractivity contribution in [3.8, 4) is 5.75 Å². The number of fused-ring (bicyclic) bond motifs is 3. The van der Waals surface area contributed by atoms with E-state index in [1.54, 1.807) is 7.11 Å². The van der Waals surface area contributed by atoms with Gasteiger partial charge in [0.1, 0.15) is 60.3 Å². The summed E-state index contributed by atoms with van der Waals surface area (Å²) in [7, 11) is -8.55. The quantitative estimate of drug-likeness (QED) is 0.0244. The van der Waals surface area contributed by atoms with Crippen LogP contribution in [0.5, 0.6) is 5.75 Å². The Morgan fingerprint density at radius 3 is 2.30 bits per heavy atom. The normalized spacial score (nSPS) is 22.6. The molecule has 2 aromatic carbocycles. The molecule has 0 aliphatic carbocycles. The highest BCUT2D eigenvalue weighted by Gasteiger charge is 2.46. The molecule has 0 saturated carbocycles. The van der Waals surface area contributed by atoms with Crippen LogP contribution in [0.15, 0.2) is 66.1 Å². The average Bonchev–Trinajstić information content (AvgIpc) is 4.02. The number of benzene rings is 2. The number of anilines is 3. The van der Waals surface area contributed by atoms with E-state index in [1.165, 1.54) is 29.5 Å². The number of hydrogen-bond acceptors (Lipinski definition) is 20. The fourth-order valence-corrected chi connectivity index (χ4v) is 12.2. The van der Waals surface area contributed by atoms with E-state index < -0.39 is 78.2 Å². The van der Waals surface area contributed by atoms with Crippen molar-refractivity contribution in [1.82, 2.24) is 34.1 Å². The minimum absolute atomic E-state index is 0.0652. The molecule has 372 valence electrons. The zero-order valence-electron chi connectivity index (χ0n) is 36.5. The van der Waals surface area contributed by atoms with Crippen LogP contribution in [0.1, 0.15) is 51.0 Å². The second-order valence-corrected chi connectivity index (χ2v) is 22.9. The highest BCUT2D eigenvalue weighted by molar-refractivity contribution is 8.54. The topological polar surface area (TPSA) is 352 Å². The van der Waals surface area contributed by atoms with Gasteiger partial charge in [-0.2, -0.15) is 4.98 Å². The minimum atomic E-state index is -5.11. The number of methoxy groups -OCH3 is 1. The number of unbranched alkanes of at least 4 members (excludes halogenated alkanes) is 3. The van der Waals surface area contributed by atoms with Gasteiger partial charge in [0.2, 0.25) is 0 Å². The van der Waals surface area contributed by atoms with Gasteiger partial charge in [-0.3, -0.25) is 27.2 Å². The molecule has 0 bridgehead atoms. The number of nitrogens with zero attached hydrogens (tertiary/aromatic N) is 7. The maximum Gasteiger partial charge on any atom is 0.472 e. The van der Waals surface area contributed by atoms with E-state index in [9.17, 15) is 38.1 Å². The molecule has 6 aromatic rings. The molecule has 0 radical (unpaired) electrons. The van der Waals surface area contributed by atoms with E-state index in [-0.39, 0.29) is 41.4 Å². The molecule has 2 saturated heterocycles. The Bertz CT molecular complexity index is 3030.